The molecule has 0 aliphatic carbocycles. The molecule has 8 nitrogen and oxygen atoms in total. The molecule has 3 aromatic carbocycles. The molecule has 0 aliphatic heterocycles. The third kappa shape index (κ3) is 3.55. The van der Waals surface area contributed by atoms with Crippen LogP contribution < -0.4 is 4.90 Å². The minimum absolute atomic E-state index is 0.319. The van der Waals surface area contributed by atoms with Gasteiger partial charge in [-0.1, -0.05) is 60.7 Å². The number of hydrogen-bond donors (Lipinski definition) is 0. The Kier molecular flexibility index (Phi) is 5.04. The van der Waals surface area contributed by atoms with E-state index in [2.05, 4.69) is 0 Å². The quantitative estimate of drug-likeness (QED) is 0.318. The Morgan fingerprint density at radius 1 is 0.806 bits per heavy atom. The van der Waals surface area contributed by atoms with Crippen molar-refractivity contribution in [3.05, 3.63) is 93.0 Å². The number of aromatic nitrogens is 1. The topological polar surface area (TPSA) is 102 Å². The summed E-state index contributed by atoms with van der Waals surface area (Å²) >= 11 is 0. The molecule has 0 unspecified atom stereocenters. The van der Waals surface area contributed by atoms with E-state index in [1.54, 1.807) is 4.90 Å². The Labute approximate surface area is 177 Å². The molecule has 8 heteroatoms. The first-order chi connectivity index (χ1) is 14.9. The molecule has 0 N–H and O–H groups in total. The first-order valence-corrected chi connectivity index (χ1v) is 9.47. The molecule has 0 saturated carbocycles. The van der Waals surface area contributed by atoms with Crippen LogP contribution >= 0.6 is 0 Å². The SMILES string of the molecule is CN(C)c1nc(-c2ccccc2)c2cc([N+](=O)[O-])cc([N+](=O)[O-])c2c1-c1ccccc1. The molecule has 0 fully saturated rings. The molecule has 4 aromatic rings. The Hall–Kier alpha value is -4.33. The summed E-state index contributed by atoms with van der Waals surface area (Å²) in [5.41, 5.74) is 1.78. The van der Waals surface area contributed by atoms with Gasteiger partial charge in [0.15, 0.2) is 0 Å². The van der Waals surface area contributed by atoms with Gasteiger partial charge in [-0.15, -0.1) is 0 Å². The smallest absolute Gasteiger partial charge is 0.284 e. The Balaban J connectivity index is 2.28. The molecule has 0 spiro atoms. The molecular weight excluding hydrogens is 396 g/mol. The highest BCUT2D eigenvalue weighted by molar-refractivity contribution is 6.12. The summed E-state index contributed by atoms with van der Waals surface area (Å²) in [6, 6.07) is 20.8. The fourth-order valence-corrected chi connectivity index (χ4v) is 3.66. The number of non-ortho nitro benzene ring substituents is 2. The normalized spacial score (nSPS) is 10.8. The van der Waals surface area contributed by atoms with Gasteiger partial charge in [0.25, 0.3) is 11.4 Å². The lowest BCUT2D eigenvalue weighted by Gasteiger charge is -2.21. The van der Waals surface area contributed by atoms with Crippen molar-refractivity contribution in [2.24, 2.45) is 0 Å². The van der Waals surface area contributed by atoms with Gasteiger partial charge in [-0.2, -0.15) is 0 Å². The molecule has 0 atom stereocenters. The summed E-state index contributed by atoms with van der Waals surface area (Å²) in [6.45, 7) is 0. The summed E-state index contributed by atoms with van der Waals surface area (Å²) in [5, 5.41) is 24.3. The average Bonchev–Trinajstić information content (AvgIpc) is 2.78. The Morgan fingerprint density at radius 2 is 1.39 bits per heavy atom. The maximum Gasteiger partial charge on any atom is 0.284 e. The van der Waals surface area contributed by atoms with Crippen LogP contribution in [0, 0.1) is 20.2 Å². The fourth-order valence-electron chi connectivity index (χ4n) is 3.66. The van der Waals surface area contributed by atoms with Crippen molar-refractivity contribution >= 4 is 28.0 Å². The molecule has 0 bridgehead atoms. The fraction of sp³-hybridized carbons (Fsp3) is 0.0870. The van der Waals surface area contributed by atoms with E-state index in [1.807, 2.05) is 74.8 Å². The van der Waals surface area contributed by atoms with Crippen molar-refractivity contribution < 1.29 is 9.85 Å². The highest BCUT2D eigenvalue weighted by Crippen LogP contribution is 2.45. The molecule has 154 valence electrons. The molecule has 0 radical (unpaired) electrons. The first kappa shape index (κ1) is 20.0. The second-order valence-electron chi connectivity index (χ2n) is 7.19. The van der Waals surface area contributed by atoms with Gasteiger partial charge in [0.2, 0.25) is 0 Å². The largest absolute Gasteiger partial charge is 0.362 e. The van der Waals surface area contributed by atoms with E-state index in [9.17, 15) is 20.2 Å². The Morgan fingerprint density at radius 3 is 1.90 bits per heavy atom. The van der Waals surface area contributed by atoms with Crippen LogP contribution in [0.3, 0.4) is 0 Å². The highest BCUT2D eigenvalue weighted by Gasteiger charge is 2.28. The Bertz CT molecular complexity index is 1310. The van der Waals surface area contributed by atoms with Crippen LogP contribution in [-0.4, -0.2) is 28.9 Å². The minimum atomic E-state index is -0.622. The molecule has 31 heavy (non-hydrogen) atoms. The standard InChI is InChI=1S/C23H18N4O4/c1-25(2)23-20(15-9-5-3-6-10-15)21-18(22(24-23)16-11-7-4-8-12-16)13-17(26(28)29)14-19(21)27(30)31/h3-14H,1-2H3. The van der Waals surface area contributed by atoms with Gasteiger partial charge < -0.3 is 4.90 Å². The summed E-state index contributed by atoms with van der Waals surface area (Å²) in [7, 11) is 3.62. The number of benzene rings is 3. The van der Waals surface area contributed by atoms with E-state index in [0.29, 0.717) is 33.4 Å². The van der Waals surface area contributed by atoms with Crippen molar-refractivity contribution in [3.8, 4) is 22.4 Å². The van der Waals surface area contributed by atoms with Crippen LogP contribution in [-0.2, 0) is 0 Å². The lowest BCUT2D eigenvalue weighted by atomic mass is 9.94. The first-order valence-electron chi connectivity index (χ1n) is 9.47. The van der Waals surface area contributed by atoms with Crippen LogP contribution in [0.15, 0.2) is 72.8 Å². The number of nitro benzene ring substituents is 2. The number of anilines is 1. The molecular formula is C23H18N4O4. The second-order valence-corrected chi connectivity index (χ2v) is 7.19. The summed E-state index contributed by atoms with van der Waals surface area (Å²) < 4.78 is 0. The lowest BCUT2D eigenvalue weighted by molar-refractivity contribution is -0.393. The van der Waals surface area contributed by atoms with E-state index in [4.69, 9.17) is 4.98 Å². The number of hydrogen-bond acceptors (Lipinski definition) is 6. The number of pyridine rings is 1. The van der Waals surface area contributed by atoms with Gasteiger partial charge in [0, 0.05) is 36.7 Å². The van der Waals surface area contributed by atoms with Gasteiger partial charge in [-0.05, 0) is 5.56 Å². The maximum absolute atomic E-state index is 12.1. The van der Waals surface area contributed by atoms with Gasteiger partial charge in [-0.25, -0.2) is 4.98 Å². The predicted molar refractivity (Wildman–Crippen MR) is 120 cm³/mol. The van der Waals surface area contributed by atoms with Crippen LogP contribution in [0.4, 0.5) is 17.2 Å². The van der Waals surface area contributed by atoms with E-state index < -0.39 is 9.85 Å². The van der Waals surface area contributed by atoms with Gasteiger partial charge in [-0.3, -0.25) is 20.2 Å². The molecule has 4 rings (SSSR count). The summed E-state index contributed by atoms with van der Waals surface area (Å²) in [5.74, 6) is 0.537. The van der Waals surface area contributed by atoms with Crippen LogP contribution in [0.2, 0.25) is 0 Å². The van der Waals surface area contributed by atoms with E-state index in [0.717, 1.165) is 11.6 Å². The van der Waals surface area contributed by atoms with E-state index in [1.165, 1.54) is 6.07 Å². The number of nitrogens with zero attached hydrogens (tertiary/aromatic N) is 4. The lowest BCUT2D eigenvalue weighted by Crippen LogP contribution is -2.13. The molecule has 0 aliphatic rings. The zero-order chi connectivity index (χ0) is 22.1. The van der Waals surface area contributed by atoms with Crippen LogP contribution in [0.25, 0.3) is 33.2 Å². The van der Waals surface area contributed by atoms with Crippen LogP contribution in [0.1, 0.15) is 0 Å². The van der Waals surface area contributed by atoms with Gasteiger partial charge in [0.1, 0.15) is 5.82 Å². The summed E-state index contributed by atoms with van der Waals surface area (Å²) in [4.78, 5) is 29.0. The van der Waals surface area contributed by atoms with E-state index >= 15 is 0 Å². The van der Waals surface area contributed by atoms with Crippen molar-refractivity contribution in [2.45, 2.75) is 0 Å². The average molecular weight is 414 g/mol. The zero-order valence-electron chi connectivity index (χ0n) is 16.9. The van der Waals surface area contributed by atoms with Gasteiger partial charge in [0.05, 0.1) is 27.0 Å². The monoisotopic (exact) mass is 414 g/mol. The van der Waals surface area contributed by atoms with Crippen molar-refractivity contribution in [1.29, 1.82) is 0 Å². The number of nitro groups is 2. The number of fused-ring (bicyclic) bond motifs is 1. The number of rotatable bonds is 5. The molecule has 0 amide bonds. The third-order valence-corrected chi connectivity index (χ3v) is 4.99. The zero-order valence-corrected chi connectivity index (χ0v) is 16.9. The molecule has 1 aromatic heterocycles. The van der Waals surface area contributed by atoms with E-state index in [-0.39, 0.29) is 11.4 Å². The second kappa shape index (κ2) is 7.83. The maximum atomic E-state index is 12.1. The van der Waals surface area contributed by atoms with Gasteiger partial charge >= 0.3 is 0 Å². The van der Waals surface area contributed by atoms with Crippen molar-refractivity contribution in [1.82, 2.24) is 4.98 Å². The molecule has 1 heterocycles. The van der Waals surface area contributed by atoms with Crippen molar-refractivity contribution in [3.63, 3.8) is 0 Å². The third-order valence-electron chi connectivity index (χ3n) is 4.99. The van der Waals surface area contributed by atoms with Crippen molar-refractivity contribution in [2.75, 3.05) is 19.0 Å². The predicted octanol–water partition coefficient (Wildman–Crippen LogP) is 5.45. The minimum Gasteiger partial charge on any atom is -0.362 e. The van der Waals surface area contributed by atoms with Crippen LogP contribution in [0.5, 0.6) is 0 Å². The summed E-state index contributed by atoms with van der Waals surface area (Å²) in [6.07, 6.45) is 0. The molecule has 0 saturated heterocycles. The highest BCUT2D eigenvalue weighted by atomic mass is 16.6.